The lowest BCUT2D eigenvalue weighted by Crippen LogP contribution is -2.45. The second kappa shape index (κ2) is 9.42. The summed E-state index contributed by atoms with van der Waals surface area (Å²) < 4.78 is 6.42. The summed E-state index contributed by atoms with van der Waals surface area (Å²) >= 11 is 2.81. The number of benzene rings is 1. The normalized spacial score (nSPS) is 17.0. The highest BCUT2D eigenvalue weighted by molar-refractivity contribution is 8.00. The van der Waals surface area contributed by atoms with Crippen LogP contribution in [0.1, 0.15) is 25.3 Å². The summed E-state index contributed by atoms with van der Waals surface area (Å²) in [5, 5.41) is 12.1. The molecule has 1 fully saturated rings. The molecule has 0 bridgehead atoms. The molecule has 1 saturated heterocycles. The first-order chi connectivity index (χ1) is 13.5. The molecule has 0 spiro atoms. The number of aromatic nitrogens is 4. The van der Waals surface area contributed by atoms with E-state index in [2.05, 4.69) is 41.5 Å². The SMILES string of the molecule is COC(=O)[C@@H]1CN(C(=O)CSc2nnnn2-c2ccc(C(C)C)cc2)CCS1. The second-order valence-corrected chi connectivity index (χ2v) is 8.88. The minimum absolute atomic E-state index is 0.0380. The van der Waals surface area contributed by atoms with Crippen LogP contribution in [0.15, 0.2) is 29.4 Å². The summed E-state index contributed by atoms with van der Waals surface area (Å²) in [6.45, 7) is 5.28. The molecule has 1 aliphatic rings. The third-order valence-corrected chi connectivity index (χ3v) is 6.52. The van der Waals surface area contributed by atoms with Gasteiger partial charge in [0.05, 0.1) is 18.6 Å². The summed E-state index contributed by atoms with van der Waals surface area (Å²) in [6.07, 6.45) is 0. The zero-order valence-electron chi connectivity index (χ0n) is 16.1. The van der Waals surface area contributed by atoms with Crippen LogP contribution < -0.4 is 0 Å². The fraction of sp³-hybridized carbons (Fsp3) is 0.500. The van der Waals surface area contributed by atoms with Gasteiger partial charge in [0, 0.05) is 18.8 Å². The molecule has 3 rings (SSSR count). The summed E-state index contributed by atoms with van der Waals surface area (Å²) in [6, 6.07) is 8.06. The Morgan fingerprint density at radius 1 is 1.32 bits per heavy atom. The number of amides is 1. The standard InChI is InChI=1S/C18H23N5O3S2/c1-12(2)13-4-6-14(7-5-13)23-18(19-20-21-23)28-11-16(24)22-8-9-27-15(10-22)17(25)26-3/h4-7,12,15H,8-11H2,1-3H3/t15-/m0/s1. The van der Waals surface area contributed by atoms with E-state index >= 15 is 0 Å². The molecule has 8 nitrogen and oxygen atoms in total. The Morgan fingerprint density at radius 2 is 2.07 bits per heavy atom. The van der Waals surface area contributed by atoms with Gasteiger partial charge in [0.1, 0.15) is 5.25 Å². The van der Waals surface area contributed by atoms with Gasteiger partial charge < -0.3 is 9.64 Å². The number of carbonyl (C=O) groups is 2. The highest BCUT2D eigenvalue weighted by atomic mass is 32.2. The largest absolute Gasteiger partial charge is 0.468 e. The minimum Gasteiger partial charge on any atom is -0.468 e. The molecule has 150 valence electrons. The maximum Gasteiger partial charge on any atom is 0.320 e. The van der Waals surface area contributed by atoms with Crippen molar-refractivity contribution in [2.45, 2.75) is 30.2 Å². The number of ether oxygens (including phenoxy) is 1. The summed E-state index contributed by atoms with van der Waals surface area (Å²) in [5.74, 6) is 1.05. The van der Waals surface area contributed by atoms with E-state index in [-0.39, 0.29) is 22.9 Å². The fourth-order valence-corrected chi connectivity index (χ4v) is 4.72. The van der Waals surface area contributed by atoms with Gasteiger partial charge in [-0.2, -0.15) is 4.68 Å². The Bertz CT molecular complexity index is 825. The van der Waals surface area contributed by atoms with Crippen molar-refractivity contribution in [3.05, 3.63) is 29.8 Å². The molecule has 2 aromatic rings. The monoisotopic (exact) mass is 421 g/mol. The lowest BCUT2D eigenvalue weighted by molar-refractivity contribution is -0.141. The number of hydrogen-bond donors (Lipinski definition) is 0. The van der Waals surface area contributed by atoms with Crippen LogP contribution in [0, 0.1) is 0 Å². The van der Waals surface area contributed by atoms with Gasteiger partial charge in [-0.15, -0.1) is 16.9 Å². The number of hydrogen-bond acceptors (Lipinski definition) is 8. The van der Waals surface area contributed by atoms with Crippen molar-refractivity contribution in [2.75, 3.05) is 31.7 Å². The van der Waals surface area contributed by atoms with Crippen LogP contribution >= 0.6 is 23.5 Å². The van der Waals surface area contributed by atoms with Gasteiger partial charge in [-0.1, -0.05) is 37.7 Å². The Hall–Kier alpha value is -2.07. The molecule has 10 heteroatoms. The molecule has 0 unspecified atom stereocenters. The number of methoxy groups -OCH3 is 1. The summed E-state index contributed by atoms with van der Waals surface area (Å²) in [4.78, 5) is 26.0. The molecule has 0 aliphatic carbocycles. The quantitative estimate of drug-likeness (QED) is 0.517. The highest BCUT2D eigenvalue weighted by Crippen LogP contribution is 2.23. The number of carbonyl (C=O) groups excluding carboxylic acids is 2. The van der Waals surface area contributed by atoms with Crippen molar-refractivity contribution in [2.24, 2.45) is 0 Å². The molecule has 0 radical (unpaired) electrons. The van der Waals surface area contributed by atoms with Gasteiger partial charge >= 0.3 is 5.97 Å². The fourth-order valence-electron chi connectivity index (χ4n) is 2.80. The van der Waals surface area contributed by atoms with Gasteiger partial charge in [-0.05, 0) is 34.0 Å². The van der Waals surface area contributed by atoms with Crippen LogP contribution in [0.3, 0.4) is 0 Å². The van der Waals surface area contributed by atoms with Gasteiger partial charge in [-0.3, -0.25) is 9.59 Å². The van der Waals surface area contributed by atoms with E-state index < -0.39 is 0 Å². The molecule has 0 N–H and O–H groups in total. The zero-order valence-corrected chi connectivity index (χ0v) is 17.7. The molecule has 1 aliphatic heterocycles. The number of tetrazole rings is 1. The van der Waals surface area contributed by atoms with Crippen molar-refractivity contribution in [1.29, 1.82) is 0 Å². The number of esters is 1. The zero-order chi connectivity index (χ0) is 20.1. The third-order valence-electron chi connectivity index (χ3n) is 4.45. The predicted octanol–water partition coefficient (Wildman–Crippen LogP) is 1.99. The first kappa shape index (κ1) is 20.7. The van der Waals surface area contributed by atoms with Gasteiger partial charge in [-0.25, -0.2) is 0 Å². The van der Waals surface area contributed by atoms with E-state index in [1.165, 1.54) is 36.2 Å². The van der Waals surface area contributed by atoms with Crippen molar-refractivity contribution < 1.29 is 14.3 Å². The van der Waals surface area contributed by atoms with Crippen molar-refractivity contribution in [3.8, 4) is 5.69 Å². The van der Waals surface area contributed by atoms with Crippen LogP contribution in [-0.2, 0) is 14.3 Å². The van der Waals surface area contributed by atoms with Crippen molar-refractivity contribution >= 4 is 35.4 Å². The Labute approximate surface area is 172 Å². The van der Waals surface area contributed by atoms with E-state index in [9.17, 15) is 9.59 Å². The van der Waals surface area contributed by atoms with Gasteiger partial charge in [0.2, 0.25) is 11.1 Å². The lowest BCUT2D eigenvalue weighted by atomic mass is 10.0. The van der Waals surface area contributed by atoms with Crippen LogP contribution in [0.4, 0.5) is 0 Å². The first-order valence-corrected chi connectivity index (χ1v) is 11.0. The molecule has 0 saturated carbocycles. The second-order valence-electron chi connectivity index (χ2n) is 6.63. The topological polar surface area (TPSA) is 90.2 Å². The highest BCUT2D eigenvalue weighted by Gasteiger charge is 2.29. The van der Waals surface area contributed by atoms with E-state index in [4.69, 9.17) is 4.74 Å². The van der Waals surface area contributed by atoms with Crippen LogP contribution in [0.25, 0.3) is 5.69 Å². The predicted molar refractivity (Wildman–Crippen MR) is 109 cm³/mol. The minimum atomic E-state index is -0.322. The van der Waals surface area contributed by atoms with Crippen molar-refractivity contribution in [3.63, 3.8) is 0 Å². The van der Waals surface area contributed by atoms with E-state index in [0.717, 1.165) is 11.4 Å². The van der Waals surface area contributed by atoms with Gasteiger partial charge in [0.25, 0.3) is 0 Å². The molecular formula is C18H23N5O3S2. The Kier molecular flexibility index (Phi) is 6.95. The molecule has 1 aromatic heterocycles. The first-order valence-electron chi connectivity index (χ1n) is 8.98. The maximum atomic E-state index is 12.6. The Balaban J connectivity index is 1.62. The maximum absolute atomic E-state index is 12.6. The molecule has 1 atom stereocenters. The van der Waals surface area contributed by atoms with E-state index in [0.29, 0.717) is 24.2 Å². The van der Waals surface area contributed by atoms with Crippen LogP contribution in [-0.4, -0.2) is 73.9 Å². The van der Waals surface area contributed by atoms with Gasteiger partial charge in [0.15, 0.2) is 0 Å². The average Bonchev–Trinajstić information content (AvgIpc) is 3.20. The lowest BCUT2D eigenvalue weighted by Gasteiger charge is -2.30. The van der Waals surface area contributed by atoms with E-state index in [1.54, 1.807) is 9.58 Å². The summed E-state index contributed by atoms with van der Waals surface area (Å²) in [5.41, 5.74) is 2.09. The smallest absolute Gasteiger partial charge is 0.320 e. The van der Waals surface area contributed by atoms with E-state index in [1.807, 2.05) is 12.1 Å². The molecule has 28 heavy (non-hydrogen) atoms. The molecule has 2 heterocycles. The number of thioether (sulfide) groups is 2. The Morgan fingerprint density at radius 3 is 2.75 bits per heavy atom. The van der Waals surface area contributed by atoms with Crippen LogP contribution in [0.2, 0.25) is 0 Å². The average molecular weight is 422 g/mol. The molecular weight excluding hydrogens is 398 g/mol. The van der Waals surface area contributed by atoms with Crippen molar-refractivity contribution in [1.82, 2.24) is 25.1 Å². The number of nitrogens with zero attached hydrogens (tertiary/aromatic N) is 5. The van der Waals surface area contributed by atoms with Crippen LogP contribution in [0.5, 0.6) is 0 Å². The third kappa shape index (κ3) is 4.85. The molecule has 1 amide bonds. The molecule has 1 aromatic carbocycles. The number of rotatable bonds is 6. The summed E-state index contributed by atoms with van der Waals surface area (Å²) in [7, 11) is 1.37.